The lowest BCUT2D eigenvalue weighted by Gasteiger charge is -2.17. The van der Waals surface area contributed by atoms with Gasteiger partial charge in [-0.3, -0.25) is 0 Å². The molecule has 1 aliphatic heterocycles. The summed E-state index contributed by atoms with van der Waals surface area (Å²) in [5.41, 5.74) is 6.09. The summed E-state index contributed by atoms with van der Waals surface area (Å²) in [4.78, 5) is 6.56. The van der Waals surface area contributed by atoms with Crippen LogP contribution in [-0.4, -0.2) is 34.7 Å². The fourth-order valence-electron chi connectivity index (χ4n) is 2.24. The number of nitrogens with zero attached hydrogens (tertiary/aromatic N) is 3. The number of hydrogen-bond donors (Lipinski definition) is 1. The maximum atomic E-state index is 6.09. The van der Waals surface area contributed by atoms with Crippen molar-refractivity contribution in [2.75, 3.05) is 19.6 Å². The van der Waals surface area contributed by atoms with E-state index in [1.165, 1.54) is 12.8 Å². The second-order valence-corrected chi connectivity index (χ2v) is 5.05. The van der Waals surface area contributed by atoms with Crippen molar-refractivity contribution in [2.45, 2.75) is 18.9 Å². The van der Waals surface area contributed by atoms with Crippen LogP contribution in [0, 0.1) is 0 Å². The summed E-state index contributed by atoms with van der Waals surface area (Å²) in [7, 11) is 0. The highest BCUT2D eigenvalue weighted by Crippen LogP contribution is 2.24. The second-order valence-electron chi connectivity index (χ2n) is 4.68. The Kier molecular flexibility index (Phi) is 3.54. The van der Waals surface area contributed by atoms with Crippen LogP contribution in [0.3, 0.4) is 0 Å². The van der Waals surface area contributed by atoms with Crippen molar-refractivity contribution in [1.29, 1.82) is 0 Å². The lowest BCUT2D eigenvalue weighted by molar-refractivity contribution is 0.306. The van der Waals surface area contributed by atoms with Crippen molar-refractivity contribution in [3.8, 4) is 11.7 Å². The normalized spacial score (nSPS) is 18.0. The Labute approximate surface area is 115 Å². The predicted molar refractivity (Wildman–Crippen MR) is 69.6 cm³/mol. The predicted octanol–water partition coefficient (Wildman–Crippen LogP) is 2.08. The largest absolute Gasteiger partial charge is 0.440 e. The van der Waals surface area contributed by atoms with Crippen molar-refractivity contribution in [3.05, 3.63) is 23.2 Å². The fraction of sp³-hybridized carbons (Fsp3) is 0.500. The molecule has 0 aromatic carbocycles. The van der Waals surface area contributed by atoms with Crippen LogP contribution in [0.25, 0.3) is 11.7 Å². The Morgan fingerprint density at radius 2 is 2.16 bits per heavy atom. The summed E-state index contributed by atoms with van der Waals surface area (Å²) in [6, 6.07) is 3.07. The van der Waals surface area contributed by atoms with Crippen molar-refractivity contribution >= 4 is 11.6 Å². The van der Waals surface area contributed by atoms with E-state index in [-0.39, 0.29) is 11.3 Å². The zero-order valence-corrected chi connectivity index (χ0v) is 11.1. The van der Waals surface area contributed by atoms with Crippen LogP contribution >= 0.6 is 11.6 Å². The van der Waals surface area contributed by atoms with Gasteiger partial charge in [-0.05, 0) is 49.7 Å². The van der Waals surface area contributed by atoms with Crippen LogP contribution in [0.4, 0.5) is 0 Å². The molecule has 2 N–H and O–H groups in total. The molecular weight excluding hydrogens is 268 g/mol. The zero-order chi connectivity index (χ0) is 13.2. The van der Waals surface area contributed by atoms with Crippen molar-refractivity contribution in [1.82, 2.24) is 15.0 Å². The molecule has 1 fully saturated rings. The van der Waals surface area contributed by atoms with Gasteiger partial charge in [-0.15, -0.1) is 0 Å². The Balaban J connectivity index is 1.69. The van der Waals surface area contributed by atoms with Gasteiger partial charge in [0.1, 0.15) is 0 Å². The molecule has 0 saturated carbocycles. The summed E-state index contributed by atoms with van der Waals surface area (Å²) in [5.74, 6) is 1.25. The molecular formula is C12H15ClN4O2. The number of furan rings is 1. The molecule has 0 radical (unpaired) electrons. The van der Waals surface area contributed by atoms with Crippen LogP contribution in [0.15, 0.2) is 21.1 Å². The first-order chi connectivity index (χ1) is 9.22. The fourth-order valence-corrected chi connectivity index (χ4v) is 2.39. The minimum Gasteiger partial charge on any atom is -0.440 e. The number of nitrogens with two attached hydrogens (primary N) is 1. The van der Waals surface area contributed by atoms with Crippen molar-refractivity contribution in [3.63, 3.8) is 0 Å². The van der Waals surface area contributed by atoms with E-state index in [1.807, 2.05) is 0 Å². The SMILES string of the molecule is NC(CN1CCCC1)c1noc(-c2ccc(Cl)o2)n1. The summed E-state index contributed by atoms with van der Waals surface area (Å²) < 4.78 is 10.4. The van der Waals surface area contributed by atoms with E-state index in [9.17, 15) is 0 Å². The molecule has 6 nitrogen and oxygen atoms in total. The lowest BCUT2D eigenvalue weighted by Crippen LogP contribution is -2.30. The van der Waals surface area contributed by atoms with Gasteiger partial charge in [0.25, 0.3) is 5.89 Å². The van der Waals surface area contributed by atoms with Gasteiger partial charge in [0.2, 0.25) is 0 Å². The highest BCUT2D eigenvalue weighted by atomic mass is 35.5. The zero-order valence-electron chi connectivity index (χ0n) is 10.4. The minimum atomic E-state index is -0.249. The summed E-state index contributed by atoms with van der Waals surface area (Å²) in [6.45, 7) is 2.93. The molecule has 1 saturated heterocycles. The third kappa shape index (κ3) is 2.80. The minimum absolute atomic E-state index is 0.249. The van der Waals surface area contributed by atoms with E-state index in [0.29, 0.717) is 17.5 Å². The van der Waals surface area contributed by atoms with Crippen molar-refractivity contribution < 1.29 is 8.94 Å². The van der Waals surface area contributed by atoms with Crippen LogP contribution in [0.5, 0.6) is 0 Å². The third-order valence-electron chi connectivity index (χ3n) is 3.21. The highest BCUT2D eigenvalue weighted by molar-refractivity contribution is 6.28. The molecule has 2 aromatic heterocycles. The highest BCUT2D eigenvalue weighted by Gasteiger charge is 2.21. The van der Waals surface area contributed by atoms with Crippen LogP contribution in [-0.2, 0) is 0 Å². The summed E-state index contributed by atoms with van der Waals surface area (Å²) in [6.07, 6.45) is 2.46. The first kappa shape index (κ1) is 12.7. The average molecular weight is 283 g/mol. The number of rotatable bonds is 4. The van der Waals surface area contributed by atoms with Gasteiger partial charge in [-0.1, -0.05) is 5.16 Å². The molecule has 1 unspecified atom stereocenters. The van der Waals surface area contributed by atoms with Crippen LogP contribution in [0.1, 0.15) is 24.7 Å². The van der Waals surface area contributed by atoms with E-state index < -0.39 is 0 Å². The third-order valence-corrected chi connectivity index (χ3v) is 3.41. The van der Waals surface area contributed by atoms with Gasteiger partial charge in [0.05, 0.1) is 6.04 Å². The molecule has 0 amide bonds. The Morgan fingerprint density at radius 1 is 1.37 bits per heavy atom. The molecule has 0 bridgehead atoms. The Morgan fingerprint density at radius 3 is 2.84 bits per heavy atom. The van der Waals surface area contributed by atoms with Gasteiger partial charge in [0, 0.05) is 6.54 Å². The smallest absolute Gasteiger partial charge is 0.293 e. The Hall–Kier alpha value is -1.37. The first-order valence-electron chi connectivity index (χ1n) is 6.29. The van der Waals surface area contributed by atoms with E-state index in [4.69, 9.17) is 26.3 Å². The van der Waals surface area contributed by atoms with Gasteiger partial charge in [-0.2, -0.15) is 4.98 Å². The van der Waals surface area contributed by atoms with E-state index >= 15 is 0 Å². The van der Waals surface area contributed by atoms with Gasteiger partial charge < -0.3 is 19.6 Å². The number of hydrogen-bond acceptors (Lipinski definition) is 6. The van der Waals surface area contributed by atoms with E-state index in [2.05, 4.69) is 15.0 Å². The number of aromatic nitrogens is 2. The Bertz CT molecular complexity index is 547. The van der Waals surface area contributed by atoms with Crippen LogP contribution < -0.4 is 5.73 Å². The molecule has 1 aliphatic rings. The quantitative estimate of drug-likeness (QED) is 0.924. The van der Waals surface area contributed by atoms with Gasteiger partial charge in [-0.25, -0.2) is 0 Å². The molecule has 1 atom stereocenters. The molecule has 2 aromatic rings. The number of likely N-dealkylation sites (tertiary alicyclic amines) is 1. The monoisotopic (exact) mass is 282 g/mol. The van der Waals surface area contributed by atoms with Crippen molar-refractivity contribution in [2.24, 2.45) is 5.73 Å². The molecule has 102 valence electrons. The maximum Gasteiger partial charge on any atom is 0.293 e. The first-order valence-corrected chi connectivity index (χ1v) is 6.67. The van der Waals surface area contributed by atoms with Gasteiger partial charge in [0.15, 0.2) is 16.8 Å². The summed E-state index contributed by atoms with van der Waals surface area (Å²) in [5, 5.41) is 4.19. The topological polar surface area (TPSA) is 81.3 Å². The van der Waals surface area contributed by atoms with Crippen LogP contribution in [0.2, 0.25) is 5.22 Å². The van der Waals surface area contributed by atoms with E-state index in [1.54, 1.807) is 12.1 Å². The second kappa shape index (κ2) is 5.32. The molecule has 3 rings (SSSR count). The molecule has 19 heavy (non-hydrogen) atoms. The lowest BCUT2D eigenvalue weighted by atomic mass is 10.3. The standard InChI is InChI=1S/C12H15ClN4O2/c13-10-4-3-9(18-10)12-15-11(16-19-12)8(14)7-17-5-1-2-6-17/h3-4,8H,1-2,5-7,14H2. The molecule has 3 heterocycles. The maximum absolute atomic E-state index is 6.09. The van der Waals surface area contributed by atoms with Gasteiger partial charge >= 0.3 is 0 Å². The molecule has 0 aliphatic carbocycles. The number of halogens is 1. The summed E-state index contributed by atoms with van der Waals surface area (Å²) >= 11 is 5.71. The molecule has 7 heteroatoms. The van der Waals surface area contributed by atoms with E-state index in [0.717, 1.165) is 19.6 Å². The molecule has 0 spiro atoms. The average Bonchev–Trinajstić information content (AvgIpc) is 3.07.